The molecular weight excluding hydrogens is 334 g/mol. The van der Waals surface area contributed by atoms with Crippen molar-refractivity contribution in [3.05, 3.63) is 0 Å². The second-order valence-electron chi connectivity index (χ2n) is 7.58. The number of carbonyl (C=O) groups excluding carboxylic acids is 2. The van der Waals surface area contributed by atoms with E-state index >= 15 is 0 Å². The smallest absolute Gasteiger partial charge is 0.319 e. The van der Waals surface area contributed by atoms with Crippen molar-refractivity contribution in [2.75, 3.05) is 66.0 Å². The summed E-state index contributed by atoms with van der Waals surface area (Å²) in [7, 11) is 1.42. The van der Waals surface area contributed by atoms with Gasteiger partial charge in [-0.15, -0.1) is 0 Å². The number of likely N-dealkylation sites (tertiary alicyclic amines) is 1. The molecule has 8 nitrogen and oxygen atoms in total. The Hall–Kier alpha value is -1.38. The van der Waals surface area contributed by atoms with Gasteiger partial charge in [-0.1, -0.05) is 0 Å². The number of nitrogens with zero attached hydrogens (tertiary/aromatic N) is 3. The number of piperidine rings is 2. The van der Waals surface area contributed by atoms with Gasteiger partial charge in [0.2, 0.25) is 0 Å². The molecular formula is C18H33N5O3. The van der Waals surface area contributed by atoms with Crippen molar-refractivity contribution in [2.45, 2.75) is 37.8 Å². The van der Waals surface area contributed by atoms with Gasteiger partial charge in [-0.25, -0.2) is 4.79 Å². The van der Waals surface area contributed by atoms with Crippen LogP contribution in [0.3, 0.4) is 0 Å². The van der Waals surface area contributed by atoms with Gasteiger partial charge in [-0.2, -0.15) is 0 Å². The molecule has 0 bridgehead atoms. The minimum absolute atomic E-state index is 0.0707. The van der Waals surface area contributed by atoms with Crippen LogP contribution in [0.1, 0.15) is 25.7 Å². The molecule has 0 unspecified atom stereocenters. The summed E-state index contributed by atoms with van der Waals surface area (Å²) in [6.45, 7) is 7.81. The van der Waals surface area contributed by atoms with E-state index in [4.69, 9.17) is 4.74 Å². The van der Waals surface area contributed by atoms with Crippen molar-refractivity contribution in [2.24, 2.45) is 0 Å². The van der Waals surface area contributed by atoms with Crippen LogP contribution < -0.4 is 10.6 Å². The van der Waals surface area contributed by atoms with E-state index in [0.29, 0.717) is 12.6 Å². The summed E-state index contributed by atoms with van der Waals surface area (Å²) in [5.41, 5.74) is 0. The lowest BCUT2D eigenvalue weighted by Gasteiger charge is -2.41. The van der Waals surface area contributed by atoms with E-state index in [1.807, 2.05) is 4.90 Å². The Morgan fingerprint density at radius 1 is 1.00 bits per heavy atom. The maximum atomic E-state index is 12.6. The minimum Gasteiger partial charge on any atom is -0.468 e. The second kappa shape index (κ2) is 9.53. The molecule has 3 aliphatic rings. The lowest BCUT2D eigenvalue weighted by atomic mass is 10.0. The number of hydrogen-bond acceptors (Lipinski definition) is 6. The summed E-state index contributed by atoms with van der Waals surface area (Å²) >= 11 is 0. The van der Waals surface area contributed by atoms with Crippen LogP contribution in [0.25, 0.3) is 0 Å². The van der Waals surface area contributed by atoms with Crippen LogP contribution in [0.4, 0.5) is 4.79 Å². The largest absolute Gasteiger partial charge is 0.468 e. The second-order valence-corrected chi connectivity index (χ2v) is 7.58. The first-order valence-corrected chi connectivity index (χ1v) is 9.95. The number of rotatable bonds is 4. The van der Waals surface area contributed by atoms with Gasteiger partial charge in [-0.3, -0.25) is 14.6 Å². The first-order chi connectivity index (χ1) is 12.7. The molecule has 0 spiro atoms. The van der Waals surface area contributed by atoms with Crippen molar-refractivity contribution < 1.29 is 14.3 Å². The molecule has 0 saturated carbocycles. The molecule has 3 saturated heterocycles. The zero-order chi connectivity index (χ0) is 18.4. The van der Waals surface area contributed by atoms with Crippen molar-refractivity contribution in [3.63, 3.8) is 0 Å². The molecule has 0 radical (unpaired) electrons. The lowest BCUT2D eigenvalue weighted by molar-refractivity contribution is -0.142. The van der Waals surface area contributed by atoms with Gasteiger partial charge in [0.1, 0.15) is 0 Å². The Labute approximate surface area is 156 Å². The highest BCUT2D eigenvalue weighted by molar-refractivity contribution is 5.74. The molecule has 3 heterocycles. The van der Waals surface area contributed by atoms with Gasteiger partial charge in [-0.05, 0) is 38.8 Å². The van der Waals surface area contributed by atoms with E-state index in [9.17, 15) is 9.59 Å². The first kappa shape index (κ1) is 19.4. The molecule has 2 amide bonds. The Morgan fingerprint density at radius 3 is 2.27 bits per heavy atom. The van der Waals surface area contributed by atoms with Crippen LogP contribution in [-0.2, 0) is 9.53 Å². The topological polar surface area (TPSA) is 77.2 Å². The Balaban J connectivity index is 1.35. The summed E-state index contributed by atoms with van der Waals surface area (Å²) in [6.07, 6.45) is 4.21. The molecule has 3 rings (SSSR count). The molecule has 0 aliphatic carbocycles. The molecule has 8 heteroatoms. The predicted molar refractivity (Wildman–Crippen MR) is 99.0 cm³/mol. The number of methoxy groups -OCH3 is 1. The molecule has 2 N–H and O–H groups in total. The van der Waals surface area contributed by atoms with Crippen LogP contribution >= 0.6 is 0 Å². The van der Waals surface area contributed by atoms with E-state index in [0.717, 1.165) is 65.2 Å². The predicted octanol–water partition coefficient (Wildman–Crippen LogP) is -0.297. The highest BCUT2D eigenvalue weighted by Gasteiger charge is 2.28. The van der Waals surface area contributed by atoms with Gasteiger partial charge in [0, 0.05) is 51.4 Å². The fraction of sp³-hybridized carbons (Fsp3) is 0.889. The minimum atomic E-state index is -0.195. The molecule has 148 valence electrons. The number of urea groups is 1. The highest BCUT2D eigenvalue weighted by atomic mass is 16.5. The normalized spacial score (nSPS) is 24.4. The van der Waals surface area contributed by atoms with Crippen molar-refractivity contribution in [3.8, 4) is 0 Å². The fourth-order valence-electron chi connectivity index (χ4n) is 4.21. The molecule has 3 fully saturated rings. The Kier molecular flexibility index (Phi) is 7.10. The average Bonchev–Trinajstić information content (AvgIpc) is 2.70. The summed E-state index contributed by atoms with van der Waals surface area (Å²) in [5.74, 6) is -0.195. The average molecular weight is 367 g/mol. The van der Waals surface area contributed by atoms with Crippen LogP contribution in [0, 0.1) is 0 Å². The van der Waals surface area contributed by atoms with Gasteiger partial charge >= 0.3 is 12.0 Å². The van der Waals surface area contributed by atoms with Gasteiger partial charge in [0.15, 0.2) is 0 Å². The third-order valence-electron chi connectivity index (χ3n) is 5.92. The van der Waals surface area contributed by atoms with Gasteiger partial charge in [0.25, 0.3) is 0 Å². The number of piperazine rings is 1. The van der Waals surface area contributed by atoms with Crippen molar-refractivity contribution >= 4 is 12.0 Å². The summed E-state index contributed by atoms with van der Waals surface area (Å²) < 4.78 is 4.71. The zero-order valence-electron chi connectivity index (χ0n) is 15.9. The van der Waals surface area contributed by atoms with Crippen LogP contribution in [0.15, 0.2) is 0 Å². The number of ether oxygens (including phenoxy) is 1. The molecule has 0 aromatic heterocycles. The van der Waals surface area contributed by atoms with Crippen LogP contribution in [0.2, 0.25) is 0 Å². The third kappa shape index (κ3) is 5.31. The van der Waals surface area contributed by atoms with E-state index in [1.54, 1.807) is 0 Å². The quantitative estimate of drug-likeness (QED) is 0.665. The Morgan fingerprint density at radius 2 is 1.65 bits per heavy atom. The first-order valence-electron chi connectivity index (χ1n) is 9.95. The molecule has 26 heavy (non-hydrogen) atoms. The standard InChI is InChI=1S/C18H33N5O3/c1-26-17(24)14-21-8-4-15(5-9-21)20-18(25)23-12-10-22(11-13-23)16-2-6-19-7-3-16/h15-16,19H,2-14H2,1H3,(H,20,25). The van der Waals surface area contributed by atoms with E-state index < -0.39 is 0 Å². The number of esters is 1. The molecule has 3 aliphatic heterocycles. The van der Waals surface area contributed by atoms with Gasteiger partial charge in [0.05, 0.1) is 13.7 Å². The molecule has 0 aromatic carbocycles. The van der Waals surface area contributed by atoms with Crippen molar-refractivity contribution in [1.29, 1.82) is 0 Å². The van der Waals surface area contributed by atoms with Crippen molar-refractivity contribution in [1.82, 2.24) is 25.3 Å². The SMILES string of the molecule is COC(=O)CN1CCC(NC(=O)N2CCN(C3CCNCC3)CC2)CC1. The summed E-state index contributed by atoms with van der Waals surface area (Å²) in [5, 5.41) is 6.60. The number of hydrogen-bond donors (Lipinski definition) is 2. The molecule has 0 atom stereocenters. The maximum Gasteiger partial charge on any atom is 0.319 e. The van der Waals surface area contributed by atoms with Crippen LogP contribution in [0.5, 0.6) is 0 Å². The maximum absolute atomic E-state index is 12.6. The number of carbonyl (C=O) groups is 2. The summed E-state index contributed by atoms with van der Waals surface area (Å²) in [6, 6.07) is 0.959. The number of nitrogens with one attached hydrogen (secondary N) is 2. The third-order valence-corrected chi connectivity index (χ3v) is 5.92. The zero-order valence-corrected chi connectivity index (χ0v) is 15.9. The van der Waals surface area contributed by atoms with E-state index in [2.05, 4.69) is 20.4 Å². The van der Waals surface area contributed by atoms with Crippen LogP contribution in [-0.4, -0.2) is 105 Å². The lowest BCUT2D eigenvalue weighted by Crippen LogP contribution is -2.57. The monoisotopic (exact) mass is 367 g/mol. The van der Waals surface area contributed by atoms with E-state index in [1.165, 1.54) is 20.0 Å². The summed E-state index contributed by atoms with van der Waals surface area (Å²) in [4.78, 5) is 30.5. The number of amides is 2. The Bertz CT molecular complexity index is 467. The fourth-order valence-corrected chi connectivity index (χ4v) is 4.21. The van der Waals surface area contributed by atoms with E-state index in [-0.39, 0.29) is 18.0 Å². The highest BCUT2D eigenvalue weighted by Crippen LogP contribution is 2.15. The molecule has 0 aromatic rings. The van der Waals surface area contributed by atoms with Gasteiger partial charge < -0.3 is 20.3 Å².